The standard InChI is InChI=1S/C19H20N2O4/c1-21-16-6-4-12(8-14(16)11-20-21)15-9-13(5-7-19(23)25-3)17(22)10-18(15)24-2/h4,6,8-11,22H,5,7H2,1-3H3. The van der Waals surface area contributed by atoms with Crippen LogP contribution in [0.2, 0.25) is 0 Å². The Morgan fingerprint density at radius 2 is 2.04 bits per heavy atom. The minimum Gasteiger partial charge on any atom is -0.508 e. The van der Waals surface area contributed by atoms with E-state index in [-0.39, 0.29) is 18.1 Å². The molecule has 0 fully saturated rings. The van der Waals surface area contributed by atoms with Gasteiger partial charge in [0.2, 0.25) is 0 Å². The second-order valence-electron chi connectivity index (χ2n) is 5.80. The van der Waals surface area contributed by atoms with Crippen LogP contribution < -0.4 is 4.74 Å². The number of phenols is 1. The maximum atomic E-state index is 11.4. The van der Waals surface area contributed by atoms with Crippen molar-refractivity contribution >= 4 is 16.9 Å². The van der Waals surface area contributed by atoms with Gasteiger partial charge < -0.3 is 14.6 Å². The van der Waals surface area contributed by atoms with Crippen LogP contribution in [-0.4, -0.2) is 35.1 Å². The summed E-state index contributed by atoms with van der Waals surface area (Å²) in [6.45, 7) is 0. The Labute approximate surface area is 145 Å². The van der Waals surface area contributed by atoms with Crippen molar-refractivity contribution in [3.05, 3.63) is 42.1 Å². The lowest BCUT2D eigenvalue weighted by Crippen LogP contribution is -2.02. The van der Waals surface area contributed by atoms with E-state index in [1.54, 1.807) is 13.2 Å². The van der Waals surface area contributed by atoms with Gasteiger partial charge in [0.1, 0.15) is 11.5 Å². The predicted molar refractivity (Wildman–Crippen MR) is 94.7 cm³/mol. The Morgan fingerprint density at radius 3 is 2.76 bits per heavy atom. The van der Waals surface area contributed by atoms with Crippen molar-refractivity contribution in [1.82, 2.24) is 9.78 Å². The molecule has 3 rings (SSSR count). The number of aromatic nitrogens is 2. The molecule has 0 aliphatic rings. The van der Waals surface area contributed by atoms with E-state index < -0.39 is 0 Å². The number of phenolic OH excluding ortho intramolecular Hbond substituents is 1. The Hall–Kier alpha value is -3.02. The van der Waals surface area contributed by atoms with E-state index in [0.29, 0.717) is 17.7 Å². The van der Waals surface area contributed by atoms with Gasteiger partial charge in [-0.05, 0) is 35.7 Å². The van der Waals surface area contributed by atoms with Gasteiger partial charge >= 0.3 is 5.97 Å². The van der Waals surface area contributed by atoms with E-state index in [4.69, 9.17) is 4.74 Å². The van der Waals surface area contributed by atoms with E-state index in [2.05, 4.69) is 9.84 Å². The number of methoxy groups -OCH3 is 2. The lowest BCUT2D eigenvalue weighted by molar-refractivity contribution is -0.140. The monoisotopic (exact) mass is 340 g/mol. The van der Waals surface area contributed by atoms with Crippen LogP contribution in [0.25, 0.3) is 22.0 Å². The first-order valence-corrected chi connectivity index (χ1v) is 7.92. The highest BCUT2D eigenvalue weighted by molar-refractivity contribution is 5.86. The number of carbonyl (C=O) groups excluding carboxylic acids is 1. The number of aromatic hydroxyl groups is 1. The third kappa shape index (κ3) is 3.28. The van der Waals surface area contributed by atoms with Gasteiger partial charge in [-0.15, -0.1) is 0 Å². The second-order valence-corrected chi connectivity index (χ2v) is 5.80. The van der Waals surface area contributed by atoms with Gasteiger partial charge in [-0.2, -0.15) is 5.10 Å². The Morgan fingerprint density at radius 1 is 1.24 bits per heavy atom. The number of hydrogen-bond acceptors (Lipinski definition) is 5. The van der Waals surface area contributed by atoms with Crippen molar-refractivity contribution in [3.8, 4) is 22.6 Å². The molecule has 0 saturated heterocycles. The molecule has 0 aliphatic heterocycles. The van der Waals surface area contributed by atoms with Crippen LogP contribution in [-0.2, 0) is 23.0 Å². The molecule has 0 amide bonds. The maximum absolute atomic E-state index is 11.4. The summed E-state index contributed by atoms with van der Waals surface area (Å²) in [4.78, 5) is 11.4. The zero-order chi connectivity index (χ0) is 18.0. The number of benzene rings is 2. The third-order valence-corrected chi connectivity index (χ3v) is 4.28. The predicted octanol–water partition coefficient (Wildman–Crippen LogP) is 3.06. The summed E-state index contributed by atoms with van der Waals surface area (Å²) in [5.41, 5.74) is 3.52. The number of nitrogens with zero attached hydrogens (tertiary/aromatic N) is 2. The van der Waals surface area contributed by atoms with E-state index >= 15 is 0 Å². The van der Waals surface area contributed by atoms with Crippen LogP contribution in [0.4, 0.5) is 0 Å². The van der Waals surface area contributed by atoms with Crippen LogP contribution in [0.1, 0.15) is 12.0 Å². The van der Waals surface area contributed by atoms with E-state index in [0.717, 1.165) is 22.0 Å². The fraction of sp³-hybridized carbons (Fsp3) is 0.263. The van der Waals surface area contributed by atoms with Crippen LogP contribution in [0.15, 0.2) is 36.5 Å². The van der Waals surface area contributed by atoms with Gasteiger partial charge in [0.15, 0.2) is 0 Å². The molecule has 3 aromatic rings. The van der Waals surface area contributed by atoms with Gasteiger partial charge in [-0.3, -0.25) is 9.48 Å². The summed E-state index contributed by atoms with van der Waals surface area (Å²) in [7, 11) is 4.81. The molecule has 1 N–H and O–H groups in total. The number of hydrogen-bond donors (Lipinski definition) is 1. The van der Waals surface area contributed by atoms with Crippen molar-refractivity contribution in [2.75, 3.05) is 14.2 Å². The summed E-state index contributed by atoms with van der Waals surface area (Å²) >= 11 is 0. The molecular formula is C19H20N2O4. The third-order valence-electron chi connectivity index (χ3n) is 4.28. The lowest BCUT2D eigenvalue weighted by atomic mass is 9.98. The molecule has 6 nitrogen and oxygen atoms in total. The van der Waals surface area contributed by atoms with Crippen molar-refractivity contribution in [2.24, 2.45) is 7.05 Å². The average Bonchev–Trinajstić information content (AvgIpc) is 3.00. The summed E-state index contributed by atoms with van der Waals surface area (Å²) in [5.74, 6) is 0.364. The zero-order valence-corrected chi connectivity index (χ0v) is 14.4. The molecule has 1 heterocycles. The lowest BCUT2D eigenvalue weighted by Gasteiger charge is -2.13. The number of esters is 1. The second kappa shape index (κ2) is 6.84. The van der Waals surface area contributed by atoms with Crippen LogP contribution in [0.3, 0.4) is 0 Å². The molecule has 0 bridgehead atoms. The summed E-state index contributed by atoms with van der Waals surface area (Å²) in [6, 6.07) is 9.45. The summed E-state index contributed by atoms with van der Waals surface area (Å²) in [6.07, 6.45) is 2.41. The van der Waals surface area contributed by atoms with E-state index in [1.165, 1.54) is 7.11 Å². The van der Waals surface area contributed by atoms with Gasteiger partial charge in [0.25, 0.3) is 0 Å². The minimum absolute atomic E-state index is 0.104. The van der Waals surface area contributed by atoms with Crippen LogP contribution in [0.5, 0.6) is 11.5 Å². The van der Waals surface area contributed by atoms with Crippen molar-refractivity contribution in [3.63, 3.8) is 0 Å². The van der Waals surface area contributed by atoms with Crippen molar-refractivity contribution in [1.29, 1.82) is 0 Å². The Balaban J connectivity index is 2.04. The van der Waals surface area contributed by atoms with Gasteiger partial charge in [0.05, 0.1) is 25.9 Å². The smallest absolute Gasteiger partial charge is 0.305 e. The molecule has 0 radical (unpaired) electrons. The fourth-order valence-corrected chi connectivity index (χ4v) is 2.88. The first kappa shape index (κ1) is 16.8. The van der Waals surface area contributed by atoms with Gasteiger partial charge in [-0.1, -0.05) is 6.07 Å². The molecular weight excluding hydrogens is 320 g/mol. The van der Waals surface area contributed by atoms with Gasteiger partial charge in [-0.25, -0.2) is 0 Å². The van der Waals surface area contributed by atoms with Crippen LogP contribution >= 0.6 is 0 Å². The molecule has 2 aromatic carbocycles. The average molecular weight is 340 g/mol. The molecule has 130 valence electrons. The molecule has 25 heavy (non-hydrogen) atoms. The zero-order valence-electron chi connectivity index (χ0n) is 14.4. The number of fused-ring (bicyclic) bond motifs is 1. The largest absolute Gasteiger partial charge is 0.508 e. The van der Waals surface area contributed by atoms with Crippen LogP contribution in [0, 0.1) is 0 Å². The quantitative estimate of drug-likeness (QED) is 0.723. The minimum atomic E-state index is -0.312. The van der Waals surface area contributed by atoms with Crippen molar-refractivity contribution in [2.45, 2.75) is 12.8 Å². The van der Waals surface area contributed by atoms with E-state index in [1.807, 2.05) is 42.2 Å². The highest BCUT2D eigenvalue weighted by Crippen LogP contribution is 2.37. The van der Waals surface area contributed by atoms with Gasteiger partial charge in [0, 0.05) is 30.5 Å². The first-order valence-electron chi connectivity index (χ1n) is 7.92. The molecule has 0 spiro atoms. The molecule has 0 unspecified atom stereocenters. The molecule has 0 aliphatic carbocycles. The normalized spacial score (nSPS) is 10.8. The molecule has 6 heteroatoms. The van der Waals surface area contributed by atoms with E-state index in [9.17, 15) is 9.90 Å². The topological polar surface area (TPSA) is 73.6 Å². The molecule has 0 saturated carbocycles. The molecule has 1 aromatic heterocycles. The highest BCUT2D eigenvalue weighted by atomic mass is 16.5. The van der Waals surface area contributed by atoms with Crippen molar-refractivity contribution < 1.29 is 19.4 Å². The number of aryl methyl sites for hydroxylation is 2. The fourth-order valence-electron chi connectivity index (χ4n) is 2.88. The highest BCUT2D eigenvalue weighted by Gasteiger charge is 2.14. The first-order chi connectivity index (χ1) is 12.0. The Bertz CT molecular complexity index is 931. The Kier molecular flexibility index (Phi) is 4.61. The number of carbonyl (C=O) groups is 1. The SMILES string of the molecule is COC(=O)CCc1cc(-c2ccc3c(cnn3C)c2)c(OC)cc1O. The maximum Gasteiger partial charge on any atom is 0.305 e. The summed E-state index contributed by atoms with van der Waals surface area (Å²) in [5, 5.41) is 15.5. The number of rotatable bonds is 5. The molecule has 0 atom stereocenters. The summed E-state index contributed by atoms with van der Waals surface area (Å²) < 4.78 is 11.9. The number of ether oxygens (including phenoxy) is 2.